The van der Waals surface area contributed by atoms with E-state index in [9.17, 15) is 4.79 Å². The van der Waals surface area contributed by atoms with Gasteiger partial charge in [0, 0.05) is 50.5 Å². The Labute approximate surface area is 190 Å². The molecule has 1 amide bonds. The molecule has 8 heteroatoms. The number of hydrogen-bond acceptors (Lipinski definition) is 5. The summed E-state index contributed by atoms with van der Waals surface area (Å²) >= 11 is 0. The zero-order chi connectivity index (χ0) is 17.5. The van der Waals surface area contributed by atoms with E-state index >= 15 is 0 Å². The number of piperazine rings is 1. The smallest absolute Gasteiger partial charge is 0.419 e. The molecule has 3 fully saturated rings. The molecule has 28 heavy (non-hydrogen) atoms. The second-order valence-electron chi connectivity index (χ2n) is 7.76. The summed E-state index contributed by atoms with van der Waals surface area (Å²) in [5.74, 6) is 0.916. The number of nitrogens with one attached hydrogen (secondary N) is 2. The molecule has 2 N–H and O–H groups in total. The van der Waals surface area contributed by atoms with Crippen LogP contribution < -0.4 is 10.2 Å². The number of rotatable bonds is 4. The van der Waals surface area contributed by atoms with Crippen LogP contribution in [-0.2, 0) is 4.79 Å². The molecular formula is C20H28N6OU. The zero-order valence-corrected chi connectivity index (χ0v) is 20.7. The predicted octanol–water partition coefficient (Wildman–Crippen LogP) is 1.88. The largest absolute Gasteiger partial charge is 2.00 e. The second-order valence-corrected chi connectivity index (χ2v) is 7.76. The molecule has 5 rings (SSSR count). The van der Waals surface area contributed by atoms with Crippen molar-refractivity contribution < 1.29 is 35.9 Å². The molecule has 2 saturated heterocycles. The van der Waals surface area contributed by atoms with Gasteiger partial charge in [0.1, 0.15) is 0 Å². The molecule has 1 atom stereocenters. The van der Waals surface area contributed by atoms with E-state index in [0.29, 0.717) is 24.3 Å². The molecule has 3 aliphatic rings. The average Bonchev–Trinajstić information content (AvgIpc) is 3.17. The van der Waals surface area contributed by atoms with Crippen LogP contribution in [0.25, 0.3) is 11.0 Å². The zero-order valence-electron chi connectivity index (χ0n) is 16.5. The first-order valence-corrected chi connectivity index (χ1v) is 9.80. The van der Waals surface area contributed by atoms with Gasteiger partial charge >= 0.3 is 31.1 Å². The number of anilines is 1. The van der Waals surface area contributed by atoms with Crippen molar-refractivity contribution in [3.05, 3.63) is 25.4 Å². The number of H-pyrrole nitrogens is 1. The Morgan fingerprint density at radius 3 is 2.68 bits per heavy atom. The third kappa shape index (κ3) is 4.24. The summed E-state index contributed by atoms with van der Waals surface area (Å²) in [5.41, 5.74) is 3.36. The van der Waals surface area contributed by atoms with Crippen LogP contribution in [0.3, 0.4) is 0 Å². The minimum atomic E-state index is 0. The maximum Gasteiger partial charge on any atom is 2.00 e. The van der Waals surface area contributed by atoms with Crippen LogP contribution in [0, 0.1) is 44.7 Å². The summed E-state index contributed by atoms with van der Waals surface area (Å²) < 4.78 is 0. The molecule has 0 aromatic carbocycles. The van der Waals surface area contributed by atoms with Crippen molar-refractivity contribution in [2.45, 2.75) is 44.1 Å². The van der Waals surface area contributed by atoms with Crippen molar-refractivity contribution in [3.8, 4) is 0 Å². The van der Waals surface area contributed by atoms with Gasteiger partial charge in [-0.25, -0.2) is 0 Å². The van der Waals surface area contributed by atoms with Crippen molar-refractivity contribution in [1.29, 1.82) is 0 Å². The van der Waals surface area contributed by atoms with Gasteiger partial charge in [0.25, 0.3) is 0 Å². The Balaban J connectivity index is 0.00000112. The Bertz CT molecular complexity index is 806. The average molecular weight is 607 g/mol. The molecule has 0 bridgehead atoms. The van der Waals surface area contributed by atoms with Gasteiger partial charge in [-0.05, 0) is 44.3 Å². The number of aromatic amines is 1. The minimum Gasteiger partial charge on any atom is -0.419 e. The van der Waals surface area contributed by atoms with Gasteiger partial charge in [0.2, 0.25) is 5.91 Å². The standard InChI is InChI=1S/C19H25N6O.CH3.U/c26-17(10-14-2-1-5-20-14)24-6-8-25(9-7-24)18-15(13-3-4-13)11-21-19-16(18)12-22-23-19;;/h11,13-14,20H,1-10H2,(H,21,22,23);1H3;/q2*-1;+2/t14-;;/m0../s1. The maximum atomic E-state index is 12.6. The molecule has 148 valence electrons. The molecule has 0 unspecified atom stereocenters. The Hall–Kier alpha value is -1.10. The van der Waals surface area contributed by atoms with E-state index in [1.807, 2.05) is 11.1 Å². The molecule has 1 aliphatic carbocycles. The van der Waals surface area contributed by atoms with Crippen LogP contribution >= 0.6 is 0 Å². The van der Waals surface area contributed by atoms with Crippen LogP contribution in [0.5, 0.6) is 0 Å². The van der Waals surface area contributed by atoms with Gasteiger partial charge in [-0.3, -0.25) is 9.89 Å². The Morgan fingerprint density at radius 2 is 2.00 bits per heavy atom. The third-order valence-electron chi connectivity index (χ3n) is 5.96. The van der Waals surface area contributed by atoms with Gasteiger partial charge < -0.3 is 32.6 Å². The summed E-state index contributed by atoms with van der Waals surface area (Å²) in [4.78, 5) is 21.5. The van der Waals surface area contributed by atoms with Crippen LogP contribution in [-0.4, -0.2) is 64.8 Å². The van der Waals surface area contributed by atoms with Crippen LogP contribution in [0.4, 0.5) is 5.69 Å². The first-order valence-electron chi connectivity index (χ1n) is 9.80. The fraction of sp³-hybridized carbons (Fsp3) is 0.600. The molecule has 4 heterocycles. The van der Waals surface area contributed by atoms with Crippen LogP contribution in [0.1, 0.15) is 43.6 Å². The van der Waals surface area contributed by atoms with Crippen molar-refractivity contribution in [2.24, 2.45) is 0 Å². The molecule has 2 aliphatic heterocycles. The fourth-order valence-electron chi connectivity index (χ4n) is 4.33. The fourth-order valence-corrected chi connectivity index (χ4v) is 4.33. The maximum absolute atomic E-state index is 12.6. The summed E-state index contributed by atoms with van der Waals surface area (Å²) in [5, 5.41) is 11.4. The van der Waals surface area contributed by atoms with Gasteiger partial charge in [0.05, 0.1) is 0 Å². The molecule has 1 saturated carbocycles. The molecule has 2 aromatic rings. The monoisotopic (exact) mass is 606 g/mol. The normalized spacial score (nSPS) is 22.1. The molecular weight excluding hydrogens is 578 g/mol. The molecule has 2 aromatic heterocycles. The second kappa shape index (κ2) is 9.15. The van der Waals surface area contributed by atoms with E-state index in [2.05, 4.69) is 31.6 Å². The third-order valence-corrected chi connectivity index (χ3v) is 5.96. The number of carbonyl (C=O) groups excluding carboxylic acids is 1. The van der Waals surface area contributed by atoms with E-state index in [-0.39, 0.29) is 38.5 Å². The minimum absolute atomic E-state index is 0. The summed E-state index contributed by atoms with van der Waals surface area (Å²) in [6.45, 7) is 4.35. The van der Waals surface area contributed by atoms with E-state index in [4.69, 9.17) is 0 Å². The van der Waals surface area contributed by atoms with Crippen LogP contribution in [0.2, 0.25) is 0 Å². The summed E-state index contributed by atoms with van der Waals surface area (Å²) in [6.07, 6.45) is 10.5. The number of nitrogens with zero attached hydrogens (tertiary/aromatic N) is 4. The van der Waals surface area contributed by atoms with Gasteiger partial charge in [-0.1, -0.05) is 11.3 Å². The topological polar surface area (TPSA) is 77.2 Å². The molecule has 0 spiro atoms. The predicted molar refractivity (Wildman–Crippen MR) is 106 cm³/mol. The number of amides is 1. The number of aromatic nitrogens is 3. The molecule has 7 nitrogen and oxygen atoms in total. The number of carbonyl (C=O) groups is 1. The van der Waals surface area contributed by atoms with Crippen molar-refractivity contribution in [3.63, 3.8) is 0 Å². The van der Waals surface area contributed by atoms with Crippen molar-refractivity contribution in [2.75, 3.05) is 37.6 Å². The number of hydrogen-bond donors (Lipinski definition) is 2. The first-order chi connectivity index (χ1) is 12.8. The number of pyridine rings is 1. The van der Waals surface area contributed by atoms with Crippen molar-refractivity contribution >= 4 is 22.6 Å². The van der Waals surface area contributed by atoms with E-state index in [0.717, 1.165) is 50.2 Å². The van der Waals surface area contributed by atoms with Gasteiger partial charge in [-0.15, -0.1) is 5.39 Å². The summed E-state index contributed by atoms with van der Waals surface area (Å²) in [6, 6.07) is 0.377. The quantitative estimate of drug-likeness (QED) is 0.521. The van der Waals surface area contributed by atoms with E-state index in [1.165, 1.54) is 30.5 Å². The van der Waals surface area contributed by atoms with Crippen molar-refractivity contribution in [1.82, 2.24) is 25.4 Å². The Kier molecular flexibility index (Phi) is 7.06. The summed E-state index contributed by atoms with van der Waals surface area (Å²) in [7, 11) is 0. The Morgan fingerprint density at radius 1 is 1.21 bits per heavy atom. The van der Waals surface area contributed by atoms with E-state index < -0.39 is 0 Å². The van der Waals surface area contributed by atoms with E-state index in [1.54, 1.807) is 0 Å². The first kappa shape index (κ1) is 21.6. The van der Waals surface area contributed by atoms with Gasteiger partial charge in [-0.2, -0.15) is 0 Å². The SMILES string of the molecule is O=C(C[C@@H]1CCCN1)N1CCN(c2c(C3CC3)cnc3[nH]n[c-]c23)CC1.[CH3-].[U+2]. The van der Waals surface area contributed by atoms with Gasteiger partial charge in [0.15, 0.2) is 0 Å². The number of fused-ring (bicyclic) bond motifs is 1. The van der Waals surface area contributed by atoms with Crippen LogP contribution in [0.15, 0.2) is 6.20 Å². The molecule has 0 radical (unpaired) electrons.